The Hall–Kier alpha value is -2.37. The molecule has 0 aliphatic heterocycles. The van der Waals surface area contributed by atoms with Crippen molar-refractivity contribution in [2.75, 3.05) is 13.1 Å². The summed E-state index contributed by atoms with van der Waals surface area (Å²) >= 11 is 0. The molecular weight excluding hydrogens is 238 g/mol. The van der Waals surface area contributed by atoms with E-state index in [-0.39, 0.29) is 0 Å². The molecule has 0 saturated heterocycles. The summed E-state index contributed by atoms with van der Waals surface area (Å²) in [7, 11) is 0. The lowest BCUT2D eigenvalue weighted by Crippen LogP contribution is -2.39. The maximum atomic E-state index is 12.0. The van der Waals surface area contributed by atoms with Gasteiger partial charge in [0, 0.05) is 5.56 Å². The van der Waals surface area contributed by atoms with Gasteiger partial charge in [-0.05, 0) is 18.6 Å². The second-order valence-corrected chi connectivity index (χ2v) is 3.76. The van der Waals surface area contributed by atoms with Crippen molar-refractivity contribution in [3.8, 4) is 0 Å². The van der Waals surface area contributed by atoms with Crippen molar-refractivity contribution in [3.05, 3.63) is 35.4 Å². The van der Waals surface area contributed by atoms with Crippen LogP contribution in [0.2, 0.25) is 0 Å². The zero-order chi connectivity index (χ0) is 13.7. The average Bonchev–Trinajstić information content (AvgIpc) is 2.26. The van der Waals surface area contributed by atoms with E-state index < -0.39 is 30.9 Å². The number of carboxylic acids is 2. The van der Waals surface area contributed by atoms with Crippen molar-refractivity contribution >= 4 is 17.8 Å². The zero-order valence-corrected chi connectivity index (χ0v) is 9.79. The Bertz CT molecular complexity index is 467. The fourth-order valence-electron chi connectivity index (χ4n) is 1.51. The number of hydrogen-bond donors (Lipinski definition) is 2. The molecule has 0 atom stereocenters. The number of rotatable bonds is 5. The number of carboxylic acid groups (broad SMARTS) is 2. The second kappa shape index (κ2) is 5.81. The molecular formula is C12H13NO5. The molecule has 0 bridgehead atoms. The Morgan fingerprint density at radius 1 is 1.06 bits per heavy atom. The number of hydrogen-bond acceptors (Lipinski definition) is 3. The van der Waals surface area contributed by atoms with E-state index in [0.29, 0.717) is 11.1 Å². The summed E-state index contributed by atoms with van der Waals surface area (Å²) < 4.78 is 0. The van der Waals surface area contributed by atoms with E-state index in [0.717, 1.165) is 4.90 Å². The molecule has 0 aromatic heterocycles. The minimum atomic E-state index is -1.25. The van der Waals surface area contributed by atoms with Gasteiger partial charge in [0.05, 0.1) is 0 Å². The standard InChI is InChI=1S/C12H13NO5/c1-8-4-2-3-5-9(8)12(18)13(6-10(14)15)7-11(16)17/h2-5H,6-7H2,1H3,(H,14,15)(H,16,17). The molecule has 1 aromatic rings. The van der Waals surface area contributed by atoms with Crippen LogP contribution in [-0.2, 0) is 9.59 Å². The van der Waals surface area contributed by atoms with Gasteiger partial charge in [0.25, 0.3) is 5.91 Å². The predicted octanol–water partition coefficient (Wildman–Crippen LogP) is 0.606. The SMILES string of the molecule is Cc1ccccc1C(=O)N(CC(=O)O)CC(=O)O. The first kappa shape index (κ1) is 13.7. The summed E-state index contributed by atoms with van der Waals surface area (Å²) in [4.78, 5) is 34.1. The van der Waals surface area contributed by atoms with Gasteiger partial charge in [-0.1, -0.05) is 18.2 Å². The summed E-state index contributed by atoms with van der Waals surface area (Å²) in [5.74, 6) is -3.10. The van der Waals surface area contributed by atoms with Gasteiger partial charge in [0.2, 0.25) is 0 Å². The van der Waals surface area contributed by atoms with Gasteiger partial charge >= 0.3 is 11.9 Å². The van der Waals surface area contributed by atoms with Crippen molar-refractivity contribution < 1.29 is 24.6 Å². The Morgan fingerprint density at radius 3 is 2.00 bits per heavy atom. The van der Waals surface area contributed by atoms with Crippen LogP contribution in [0.3, 0.4) is 0 Å². The predicted molar refractivity (Wildman–Crippen MR) is 62.4 cm³/mol. The lowest BCUT2D eigenvalue weighted by molar-refractivity contribution is -0.140. The van der Waals surface area contributed by atoms with E-state index in [1.54, 1.807) is 25.1 Å². The molecule has 1 rings (SSSR count). The maximum absolute atomic E-state index is 12.0. The molecule has 0 aliphatic carbocycles. The number of amides is 1. The topological polar surface area (TPSA) is 94.9 Å². The minimum absolute atomic E-state index is 0.306. The number of carbonyl (C=O) groups excluding carboxylic acids is 1. The van der Waals surface area contributed by atoms with Gasteiger partial charge < -0.3 is 15.1 Å². The van der Waals surface area contributed by atoms with Crippen LogP contribution >= 0.6 is 0 Å². The van der Waals surface area contributed by atoms with Crippen molar-refractivity contribution in [2.45, 2.75) is 6.92 Å². The molecule has 0 unspecified atom stereocenters. The number of benzene rings is 1. The van der Waals surface area contributed by atoms with Crippen LogP contribution in [0.4, 0.5) is 0 Å². The summed E-state index contributed by atoms with van der Waals surface area (Å²) in [6.07, 6.45) is 0. The molecule has 6 nitrogen and oxygen atoms in total. The fraction of sp³-hybridized carbons (Fsp3) is 0.250. The molecule has 2 N–H and O–H groups in total. The molecule has 0 radical (unpaired) electrons. The zero-order valence-electron chi connectivity index (χ0n) is 9.79. The number of nitrogens with zero attached hydrogens (tertiary/aromatic N) is 1. The van der Waals surface area contributed by atoms with Crippen LogP contribution in [0.25, 0.3) is 0 Å². The van der Waals surface area contributed by atoms with Crippen molar-refractivity contribution in [1.29, 1.82) is 0 Å². The van der Waals surface area contributed by atoms with Crippen LogP contribution in [-0.4, -0.2) is 46.0 Å². The minimum Gasteiger partial charge on any atom is -0.480 e. The molecule has 96 valence electrons. The van der Waals surface area contributed by atoms with Gasteiger partial charge in [0.15, 0.2) is 0 Å². The highest BCUT2D eigenvalue weighted by atomic mass is 16.4. The molecule has 1 amide bonds. The van der Waals surface area contributed by atoms with Crippen LogP contribution < -0.4 is 0 Å². The summed E-state index contributed by atoms with van der Waals surface area (Å²) in [6, 6.07) is 6.62. The molecule has 0 heterocycles. The molecule has 0 saturated carbocycles. The first-order chi connectivity index (χ1) is 8.41. The Labute approximate surface area is 103 Å². The Kier molecular flexibility index (Phi) is 4.42. The third kappa shape index (κ3) is 3.58. The van der Waals surface area contributed by atoms with Gasteiger partial charge in [-0.25, -0.2) is 0 Å². The molecule has 0 fully saturated rings. The van der Waals surface area contributed by atoms with Gasteiger partial charge in [-0.2, -0.15) is 0 Å². The van der Waals surface area contributed by atoms with E-state index in [2.05, 4.69) is 0 Å². The van der Waals surface area contributed by atoms with Crippen molar-refractivity contribution in [3.63, 3.8) is 0 Å². The average molecular weight is 251 g/mol. The van der Waals surface area contributed by atoms with E-state index in [1.165, 1.54) is 6.07 Å². The lowest BCUT2D eigenvalue weighted by atomic mass is 10.1. The van der Waals surface area contributed by atoms with Gasteiger partial charge in [0.1, 0.15) is 13.1 Å². The molecule has 0 aliphatic rings. The van der Waals surface area contributed by atoms with E-state index in [1.807, 2.05) is 0 Å². The highest BCUT2D eigenvalue weighted by molar-refractivity contribution is 5.98. The first-order valence-electron chi connectivity index (χ1n) is 5.20. The van der Waals surface area contributed by atoms with Crippen molar-refractivity contribution in [1.82, 2.24) is 4.90 Å². The molecule has 1 aromatic carbocycles. The molecule has 6 heteroatoms. The third-order valence-electron chi connectivity index (χ3n) is 2.31. The molecule has 18 heavy (non-hydrogen) atoms. The van der Waals surface area contributed by atoms with Gasteiger partial charge in [-0.3, -0.25) is 14.4 Å². The monoisotopic (exact) mass is 251 g/mol. The quantitative estimate of drug-likeness (QED) is 0.799. The lowest BCUT2D eigenvalue weighted by Gasteiger charge is -2.19. The van der Waals surface area contributed by atoms with Crippen LogP contribution in [0.5, 0.6) is 0 Å². The first-order valence-corrected chi connectivity index (χ1v) is 5.20. The largest absolute Gasteiger partial charge is 0.480 e. The number of aryl methyl sites for hydroxylation is 1. The van der Waals surface area contributed by atoms with Crippen LogP contribution in [0.1, 0.15) is 15.9 Å². The summed E-state index contributed by atoms with van der Waals surface area (Å²) in [6.45, 7) is 0.423. The van der Waals surface area contributed by atoms with Gasteiger partial charge in [-0.15, -0.1) is 0 Å². The fourth-order valence-corrected chi connectivity index (χ4v) is 1.51. The normalized spacial score (nSPS) is 9.83. The summed E-state index contributed by atoms with van der Waals surface area (Å²) in [5, 5.41) is 17.4. The number of carbonyl (C=O) groups is 3. The van der Waals surface area contributed by atoms with E-state index >= 15 is 0 Å². The van der Waals surface area contributed by atoms with E-state index in [9.17, 15) is 14.4 Å². The van der Waals surface area contributed by atoms with E-state index in [4.69, 9.17) is 10.2 Å². The second-order valence-electron chi connectivity index (χ2n) is 3.76. The highest BCUT2D eigenvalue weighted by Gasteiger charge is 2.21. The maximum Gasteiger partial charge on any atom is 0.323 e. The highest BCUT2D eigenvalue weighted by Crippen LogP contribution is 2.10. The Morgan fingerprint density at radius 2 is 1.56 bits per heavy atom. The third-order valence-corrected chi connectivity index (χ3v) is 2.31. The van der Waals surface area contributed by atoms with Crippen molar-refractivity contribution in [2.24, 2.45) is 0 Å². The summed E-state index contributed by atoms with van der Waals surface area (Å²) in [5.41, 5.74) is 0.975. The smallest absolute Gasteiger partial charge is 0.323 e. The van der Waals surface area contributed by atoms with Crippen LogP contribution in [0, 0.1) is 6.92 Å². The molecule has 0 spiro atoms. The number of aliphatic carboxylic acids is 2. The Balaban J connectivity index is 2.98. The van der Waals surface area contributed by atoms with Crippen LogP contribution in [0.15, 0.2) is 24.3 Å².